The first-order chi connectivity index (χ1) is 18.7. The van der Waals surface area contributed by atoms with Crippen LogP contribution in [0, 0.1) is 0 Å². The lowest BCUT2D eigenvalue weighted by atomic mass is 10.0. The second-order valence-electron chi connectivity index (χ2n) is 8.66. The predicted octanol–water partition coefficient (Wildman–Crippen LogP) is 6.14. The summed E-state index contributed by atoms with van der Waals surface area (Å²) >= 11 is 0. The van der Waals surface area contributed by atoms with Crippen molar-refractivity contribution in [2.24, 2.45) is 0 Å². The van der Waals surface area contributed by atoms with E-state index in [-0.39, 0.29) is 12.5 Å². The average molecular weight is 500 g/mol. The maximum atomic E-state index is 13.1. The molecule has 0 saturated carbocycles. The van der Waals surface area contributed by atoms with Gasteiger partial charge < -0.3 is 10.1 Å². The van der Waals surface area contributed by atoms with E-state index in [2.05, 4.69) is 15.3 Å². The zero-order valence-corrected chi connectivity index (χ0v) is 20.5. The highest BCUT2D eigenvalue weighted by molar-refractivity contribution is 5.95. The fraction of sp³-hybridized carbons (Fsp3) is 0.0625. The van der Waals surface area contributed by atoms with Gasteiger partial charge in [-0.2, -0.15) is 0 Å². The van der Waals surface area contributed by atoms with Gasteiger partial charge >= 0.3 is 5.97 Å². The van der Waals surface area contributed by atoms with Gasteiger partial charge in [-0.1, -0.05) is 54.6 Å². The fourth-order valence-electron chi connectivity index (χ4n) is 4.09. The first-order valence-electron chi connectivity index (χ1n) is 12.2. The SMILES string of the molecule is O=C(N[C@H](COC(=O)c1ccc(-c2ccncc2)cc1)c1ccccc1)c1ccc(-c2ccncc2)cc1. The molecule has 0 aliphatic rings. The summed E-state index contributed by atoms with van der Waals surface area (Å²) in [6.45, 7) is -0.00417. The number of amides is 1. The van der Waals surface area contributed by atoms with Crippen LogP contribution in [0.5, 0.6) is 0 Å². The third-order valence-electron chi connectivity index (χ3n) is 6.18. The van der Waals surface area contributed by atoms with Gasteiger partial charge in [-0.05, 0) is 76.3 Å². The summed E-state index contributed by atoms with van der Waals surface area (Å²) in [4.78, 5) is 34.0. The Kier molecular flexibility index (Phi) is 7.61. The van der Waals surface area contributed by atoms with Gasteiger partial charge in [-0.15, -0.1) is 0 Å². The molecule has 3 aromatic carbocycles. The molecule has 1 N–H and O–H groups in total. The van der Waals surface area contributed by atoms with Crippen LogP contribution in [0.25, 0.3) is 22.3 Å². The normalized spacial score (nSPS) is 11.4. The standard InChI is InChI=1S/C32H25N3O3/c36-31(28-10-6-23(7-11-28)25-14-18-33-19-15-25)35-30(27-4-2-1-3-5-27)22-38-32(37)29-12-8-24(9-13-29)26-16-20-34-21-17-26/h1-21,30H,22H2,(H,35,36)/t30-/m1/s1. The molecule has 38 heavy (non-hydrogen) atoms. The molecule has 0 radical (unpaired) electrons. The highest BCUT2D eigenvalue weighted by Gasteiger charge is 2.19. The molecule has 2 aromatic heterocycles. The molecule has 5 rings (SSSR count). The van der Waals surface area contributed by atoms with Gasteiger partial charge in [-0.25, -0.2) is 4.79 Å². The molecule has 6 nitrogen and oxygen atoms in total. The Balaban J connectivity index is 1.26. The van der Waals surface area contributed by atoms with Gasteiger partial charge in [0.15, 0.2) is 0 Å². The summed E-state index contributed by atoms with van der Waals surface area (Å²) in [5.41, 5.74) is 5.81. The Morgan fingerprint density at radius 1 is 0.605 bits per heavy atom. The molecule has 2 heterocycles. The molecule has 0 bridgehead atoms. The number of hydrogen-bond donors (Lipinski definition) is 1. The van der Waals surface area contributed by atoms with Crippen molar-refractivity contribution in [3.8, 4) is 22.3 Å². The molecule has 186 valence electrons. The van der Waals surface area contributed by atoms with Crippen molar-refractivity contribution in [2.45, 2.75) is 6.04 Å². The predicted molar refractivity (Wildman–Crippen MR) is 146 cm³/mol. The van der Waals surface area contributed by atoms with E-state index < -0.39 is 12.0 Å². The van der Waals surface area contributed by atoms with Crippen LogP contribution in [0.15, 0.2) is 128 Å². The average Bonchev–Trinajstić information content (AvgIpc) is 3.00. The van der Waals surface area contributed by atoms with Crippen LogP contribution in [0.1, 0.15) is 32.3 Å². The minimum absolute atomic E-state index is 0.00417. The molecule has 0 aliphatic carbocycles. The summed E-state index contributed by atoms with van der Waals surface area (Å²) in [6.07, 6.45) is 6.92. The first kappa shape index (κ1) is 24.6. The van der Waals surface area contributed by atoms with Crippen molar-refractivity contribution in [3.05, 3.63) is 145 Å². The number of hydrogen-bond acceptors (Lipinski definition) is 5. The number of nitrogens with one attached hydrogen (secondary N) is 1. The van der Waals surface area contributed by atoms with Crippen molar-refractivity contribution in [1.29, 1.82) is 0 Å². The monoisotopic (exact) mass is 499 g/mol. The van der Waals surface area contributed by atoms with Crippen LogP contribution in [0.4, 0.5) is 0 Å². The summed E-state index contributed by atoms with van der Waals surface area (Å²) in [5.74, 6) is -0.707. The molecular weight excluding hydrogens is 474 g/mol. The van der Waals surface area contributed by atoms with E-state index in [1.54, 1.807) is 49.1 Å². The number of pyridine rings is 2. The summed E-state index contributed by atoms with van der Waals surface area (Å²) in [6, 6.07) is 31.2. The molecule has 0 unspecified atom stereocenters. The highest BCUT2D eigenvalue weighted by Crippen LogP contribution is 2.21. The van der Waals surface area contributed by atoms with E-state index in [0.717, 1.165) is 27.8 Å². The lowest BCUT2D eigenvalue weighted by Gasteiger charge is -2.19. The third-order valence-corrected chi connectivity index (χ3v) is 6.18. The zero-order valence-electron chi connectivity index (χ0n) is 20.5. The van der Waals surface area contributed by atoms with Gasteiger partial charge in [0.05, 0.1) is 11.6 Å². The number of ether oxygens (including phenoxy) is 1. The number of esters is 1. The summed E-state index contributed by atoms with van der Waals surface area (Å²) in [7, 11) is 0. The lowest BCUT2D eigenvalue weighted by Crippen LogP contribution is -2.32. The van der Waals surface area contributed by atoms with E-state index >= 15 is 0 Å². The number of carbonyl (C=O) groups is 2. The Morgan fingerprint density at radius 3 is 1.61 bits per heavy atom. The molecule has 0 saturated heterocycles. The Bertz CT molecular complexity index is 1490. The number of benzene rings is 3. The maximum absolute atomic E-state index is 13.1. The van der Waals surface area contributed by atoms with Gasteiger partial charge in [0.1, 0.15) is 6.61 Å². The molecule has 0 spiro atoms. The molecule has 1 atom stereocenters. The Hall–Kier alpha value is -5.10. The molecule has 5 aromatic rings. The lowest BCUT2D eigenvalue weighted by molar-refractivity contribution is 0.0456. The third kappa shape index (κ3) is 5.99. The largest absolute Gasteiger partial charge is 0.460 e. The Labute approximate surface area is 221 Å². The van der Waals surface area contributed by atoms with Crippen LogP contribution in [-0.2, 0) is 4.74 Å². The van der Waals surface area contributed by atoms with E-state index in [4.69, 9.17) is 4.74 Å². The number of carbonyl (C=O) groups excluding carboxylic acids is 2. The minimum atomic E-state index is -0.511. The second kappa shape index (κ2) is 11.8. The van der Waals surface area contributed by atoms with Gasteiger partial charge in [0.25, 0.3) is 5.91 Å². The summed E-state index contributed by atoms with van der Waals surface area (Å²) in [5, 5.41) is 3.01. The first-order valence-corrected chi connectivity index (χ1v) is 12.2. The van der Waals surface area contributed by atoms with Crippen molar-refractivity contribution in [3.63, 3.8) is 0 Å². The smallest absolute Gasteiger partial charge is 0.338 e. The number of nitrogens with zero attached hydrogens (tertiary/aromatic N) is 2. The van der Waals surface area contributed by atoms with Crippen LogP contribution in [0.3, 0.4) is 0 Å². The van der Waals surface area contributed by atoms with Crippen LogP contribution >= 0.6 is 0 Å². The molecule has 6 heteroatoms. The molecule has 0 fully saturated rings. The van der Waals surface area contributed by atoms with Crippen molar-refractivity contribution < 1.29 is 14.3 Å². The quantitative estimate of drug-likeness (QED) is 0.260. The van der Waals surface area contributed by atoms with E-state index in [1.165, 1.54) is 0 Å². The van der Waals surface area contributed by atoms with Crippen LogP contribution < -0.4 is 5.32 Å². The summed E-state index contributed by atoms with van der Waals surface area (Å²) < 4.78 is 5.63. The minimum Gasteiger partial charge on any atom is -0.460 e. The second-order valence-corrected chi connectivity index (χ2v) is 8.66. The Morgan fingerprint density at radius 2 is 1.08 bits per heavy atom. The molecular formula is C32H25N3O3. The topological polar surface area (TPSA) is 81.2 Å². The van der Waals surface area contributed by atoms with Gasteiger partial charge in [-0.3, -0.25) is 14.8 Å². The van der Waals surface area contributed by atoms with E-state index in [1.807, 2.05) is 78.9 Å². The van der Waals surface area contributed by atoms with E-state index in [0.29, 0.717) is 11.1 Å². The molecule has 0 aliphatic heterocycles. The molecule has 1 amide bonds. The zero-order chi connectivity index (χ0) is 26.2. The maximum Gasteiger partial charge on any atom is 0.338 e. The highest BCUT2D eigenvalue weighted by atomic mass is 16.5. The van der Waals surface area contributed by atoms with Crippen molar-refractivity contribution in [2.75, 3.05) is 6.61 Å². The van der Waals surface area contributed by atoms with Crippen LogP contribution in [0.2, 0.25) is 0 Å². The van der Waals surface area contributed by atoms with Gasteiger partial charge in [0.2, 0.25) is 0 Å². The van der Waals surface area contributed by atoms with E-state index in [9.17, 15) is 9.59 Å². The van der Waals surface area contributed by atoms with Gasteiger partial charge in [0, 0.05) is 30.4 Å². The fourth-order valence-corrected chi connectivity index (χ4v) is 4.09. The number of rotatable bonds is 8. The van der Waals surface area contributed by atoms with Crippen molar-refractivity contribution in [1.82, 2.24) is 15.3 Å². The van der Waals surface area contributed by atoms with Crippen molar-refractivity contribution >= 4 is 11.9 Å². The number of aromatic nitrogens is 2. The van der Waals surface area contributed by atoms with Crippen LogP contribution in [-0.4, -0.2) is 28.5 Å².